The van der Waals surface area contributed by atoms with E-state index in [1.165, 1.54) is 0 Å². The molecule has 3 nitrogen and oxygen atoms in total. The van der Waals surface area contributed by atoms with E-state index in [0.717, 1.165) is 0 Å². The summed E-state index contributed by atoms with van der Waals surface area (Å²) in [5.74, 6) is 0. The average molecular weight is 145 g/mol. The van der Waals surface area contributed by atoms with Gasteiger partial charge < -0.3 is 11.6 Å². The van der Waals surface area contributed by atoms with Crippen molar-refractivity contribution in [2.24, 2.45) is 0 Å². The molecular formula is CH3CoNaO3. The van der Waals surface area contributed by atoms with Gasteiger partial charge >= 0.3 is 35.7 Å². The quantitative estimate of drug-likeness (QED) is 0.365. The van der Waals surface area contributed by atoms with E-state index in [4.69, 9.17) is 15.0 Å². The molecule has 0 aromatic heterocycles. The maximum atomic E-state index is 8.56. The SMILES string of the molecule is O=C(O)O.[Co].[H-].[Na+]. The van der Waals surface area contributed by atoms with Gasteiger partial charge in [-0.15, -0.1) is 0 Å². The Morgan fingerprint density at radius 2 is 1.50 bits per heavy atom. The molecule has 35 valence electrons. The fourth-order valence-electron chi connectivity index (χ4n) is 0. The molecule has 0 aromatic carbocycles. The monoisotopic (exact) mass is 145 g/mol. The van der Waals surface area contributed by atoms with Crippen LogP contribution in [0.1, 0.15) is 1.43 Å². The molecule has 0 unspecified atom stereocenters. The summed E-state index contributed by atoms with van der Waals surface area (Å²) in [7, 11) is 0. The fourth-order valence-corrected chi connectivity index (χ4v) is 0. The van der Waals surface area contributed by atoms with Crippen molar-refractivity contribution >= 4 is 6.16 Å². The summed E-state index contributed by atoms with van der Waals surface area (Å²) in [6.07, 6.45) is -1.83. The van der Waals surface area contributed by atoms with E-state index in [0.29, 0.717) is 0 Å². The molecule has 0 fully saturated rings. The summed E-state index contributed by atoms with van der Waals surface area (Å²) in [6.45, 7) is 0. The van der Waals surface area contributed by atoms with Crippen LogP contribution in [0.25, 0.3) is 0 Å². The Morgan fingerprint density at radius 3 is 1.50 bits per heavy atom. The van der Waals surface area contributed by atoms with Crippen LogP contribution >= 0.6 is 0 Å². The molecule has 6 heavy (non-hydrogen) atoms. The Kier molecular flexibility index (Phi) is 24.4. The molecule has 0 heterocycles. The van der Waals surface area contributed by atoms with Crippen LogP contribution in [0.2, 0.25) is 0 Å². The van der Waals surface area contributed by atoms with Gasteiger partial charge in [0.25, 0.3) is 0 Å². The van der Waals surface area contributed by atoms with Crippen LogP contribution in [0.3, 0.4) is 0 Å². The summed E-state index contributed by atoms with van der Waals surface area (Å²) < 4.78 is 0. The molecule has 0 aliphatic rings. The normalized spacial score (nSPS) is 4.00. The summed E-state index contributed by atoms with van der Waals surface area (Å²) in [4.78, 5) is 8.56. The molecule has 0 aliphatic carbocycles. The predicted molar refractivity (Wildman–Crippen MR) is 11.8 cm³/mol. The largest absolute Gasteiger partial charge is 1.00 e. The van der Waals surface area contributed by atoms with Crippen LogP contribution in [-0.2, 0) is 16.8 Å². The first-order valence-electron chi connectivity index (χ1n) is 0.651. The summed E-state index contributed by atoms with van der Waals surface area (Å²) >= 11 is 0. The standard InChI is InChI=1S/CH2O3.Co.Na.H/c2-1(3)4;;;/h(H2,2,3,4);;;/q;;+1;-1. The first-order valence-corrected chi connectivity index (χ1v) is 0.651. The summed E-state index contributed by atoms with van der Waals surface area (Å²) in [5, 5.41) is 13.9. The van der Waals surface area contributed by atoms with Crippen molar-refractivity contribution < 1.29 is 62.8 Å². The molecule has 1 radical (unpaired) electrons. The third-order valence-corrected chi connectivity index (χ3v) is 0. The minimum atomic E-state index is -1.83. The Hall–Kier alpha value is 0.776. The van der Waals surface area contributed by atoms with E-state index in [1.807, 2.05) is 0 Å². The van der Waals surface area contributed by atoms with E-state index in [2.05, 4.69) is 0 Å². The second-order valence-electron chi connectivity index (χ2n) is 0.283. The Balaban J connectivity index is -0.0000000150. The molecular weight excluding hydrogens is 142 g/mol. The summed E-state index contributed by atoms with van der Waals surface area (Å²) in [6, 6.07) is 0. The second kappa shape index (κ2) is 9.24. The molecule has 0 amide bonds. The molecule has 0 aromatic rings. The van der Waals surface area contributed by atoms with Gasteiger partial charge in [0.2, 0.25) is 0 Å². The van der Waals surface area contributed by atoms with Gasteiger partial charge in [0.1, 0.15) is 0 Å². The maximum Gasteiger partial charge on any atom is 1.00 e. The Bertz CT molecular complexity index is 37.9. The first kappa shape index (κ1) is 15.9. The van der Waals surface area contributed by atoms with Gasteiger partial charge in [0, 0.05) is 16.8 Å². The van der Waals surface area contributed by atoms with Crippen LogP contribution in [-0.4, -0.2) is 16.4 Å². The van der Waals surface area contributed by atoms with Crippen molar-refractivity contribution in [2.45, 2.75) is 0 Å². The van der Waals surface area contributed by atoms with Crippen LogP contribution in [0, 0.1) is 0 Å². The Morgan fingerprint density at radius 1 is 1.50 bits per heavy atom. The van der Waals surface area contributed by atoms with Crippen molar-refractivity contribution in [3.63, 3.8) is 0 Å². The molecule has 0 rings (SSSR count). The minimum absolute atomic E-state index is 0. The van der Waals surface area contributed by atoms with Crippen molar-refractivity contribution in [1.29, 1.82) is 0 Å². The predicted octanol–water partition coefficient (Wildman–Crippen LogP) is -2.66. The van der Waals surface area contributed by atoms with Gasteiger partial charge in [-0.1, -0.05) is 0 Å². The zero-order valence-electron chi connectivity index (χ0n) is 4.14. The molecule has 0 saturated carbocycles. The third kappa shape index (κ3) is 113. The molecule has 0 saturated heterocycles. The van der Waals surface area contributed by atoms with Crippen LogP contribution in [0.4, 0.5) is 4.79 Å². The molecule has 0 bridgehead atoms. The second-order valence-corrected chi connectivity index (χ2v) is 0.283. The fraction of sp³-hybridized carbons (Fsp3) is 0. The molecule has 0 atom stereocenters. The number of hydrogen-bond acceptors (Lipinski definition) is 1. The van der Waals surface area contributed by atoms with Gasteiger partial charge in [0.05, 0.1) is 0 Å². The van der Waals surface area contributed by atoms with Gasteiger partial charge in [-0.3, -0.25) is 0 Å². The molecule has 0 spiro atoms. The average Bonchev–Trinajstić information content (AvgIpc) is 0.811. The van der Waals surface area contributed by atoms with E-state index in [9.17, 15) is 0 Å². The van der Waals surface area contributed by atoms with Crippen LogP contribution < -0.4 is 29.6 Å². The van der Waals surface area contributed by atoms with Crippen molar-refractivity contribution in [1.82, 2.24) is 0 Å². The zero-order valence-corrected chi connectivity index (χ0v) is 6.18. The molecule has 2 N–H and O–H groups in total. The van der Waals surface area contributed by atoms with Crippen molar-refractivity contribution in [3.8, 4) is 0 Å². The van der Waals surface area contributed by atoms with Crippen LogP contribution in [0.15, 0.2) is 0 Å². The van der Waals surface area contributed by atoms with E-state index in [1.54, 1.807) is 0 Å². The smallest absolute Gasteiger partial charge is 1.00 e. The van der Waals surface area contributed by atoms with Gasteiger partial charge in [-0.25, -0.2) is 4.79 Å². The maximum absolute atomic E-state index is 8.56. The third-order valence-electron chi connectivity index (χ3n) is 0. The number of hydrogen-bond donors (Lipinski definition) is 2. The minimum Gasteiger partial charge on any atom is -1.00 e. The summed E-state index contributed by atoms with van der Waals surface area (Å²) in [5.41, 5.74) is 0. The van der Waals surface area contributed by atoms with E-state index < -0.39 is 6.16 Å². The number of rotatable bonds is 0. The van der Waals surface area contributed by atoms with Crippen molar-refractivity contribution in [3.05, 3.63) is 0 Å². The van der Waals surface area contributed by atoms with E-state index >= 15 is 0 Å². The Labute approximate surface area is 68.7 Å². The molecule has 0 aliphatic heterocycles. The van der Waals surface area contributed by atoms with Crippen LogP contribution in [0.5, 0.6) is 0 Å². The van der Waals surface area contributed by atoms with Crippen molar-refractivity contribution in [2.75, 3.05) is 0 Å². The topological polar surface area (TPSA) is 57.5 Å². The van der Waals surface area contributed by atoms with Gasteiger partial charge in [-0.2, -0.15) is 0 Å². The number of carbonyl (C=O) groups is 1. The zero-order chi connectivity index (χ0) is 3.58. The molecule has 5 heteroatoms. The number of carboxylic acid groups (broad SMARTS) is 2. The van der Waals surface area contributed by atoms with Gasteiger partial charge in [-0.05, 0) is 0 Å². The van der Waals surface area contributed by atoms with Gasteiger partial charge in [0.15, 0.2) is 0 Å². The van der Waals surface area contributed by atoms with E-state index in [-0.39, 0.29) is 47.8 Å². The first-order chi connectivity index (χ1) is 1.73.